The van der Waals surface area contributed by atoms with E-state index >= 15 is 0 Å². The molecule has 5 nitrogen and oxygen atoms in total. The van der Waals surface area contributed by atoms with Crippen molar-refractivity contribution in [1.82, 2.24) is 5.32 Å². The monoisotopic (exact) mass is 267 g/mol. The van der Waals surface area contributed by atoms with E-state index in [9.17, 15) is 9.59 Å². The predicted octanol–water partition coefficient (Wildman–Crippen LogP) is 2.24. The van der Waals surface area contributed by atoms with Gasteiger partial charge < -0.3 is 14.8 Å². The number of carbonyl (C=O) groups is 2. The van der Waals surface area contributed by atoms with E-state index in [1.54, 1.807) is 6.92 Å². The first-order valence-corrected chi connectivity index (χ1v) is 6.39. The van der Waals surface area contributed by atoms with Gasteiger partial charge in [-0.05, 0) is 18.8 Å². The van der Waals surface area contributed by atoms with Crippen molar-refractivity contribution in [2.75, 3.05) is 6.54 Å². The fraction of sp³-hybridized carbons (Fsp3) is 0.571. The average molecular weight is 267 g/mol. The van der Waals surface area contributed by atoms with Gasteiger partial charge >= 0.3 is 5.97 Å². The Morgan fingerprint density at radius 2 is 2.00 bits per heavy atom. The van der Waals surface area contributed by atoms with Crippen LogP contribution in [-0.2, 0) is 11.2 Å². The van der Waals surface area contributed by atoms with Crippen LogP contribution in [-0.4, -0.2) is 23.5 Å². The van der Waals surface area contributed by atoms with E-state index in [-0.39, 0.29) is 18.1 Å². The molecule has 0 radical (unpaired) electrons. The highest BCUT2D eigenvalue weighted by atomic mass is 16.4. The number of nitrogens with one attached hydrogen (secondary N) is 1. The van der Waals surface area contributed by atoms with Crippen molar-refractivity contribution in [3.8, 4) is 0 Å². The quantitative estimate of drug-likeness (QED) is 0.828. The summed E-state index contributed by atoms with van der Waals surface area (Å²) in [5, 5.41) is 11.6. The minimum Gasteiger partial charge on any atom is -0.481 e. The molecule has 106 valence electrons. The third-order valence-corrected chi connectivity index (χ3v) is 3.31. The zero-order chi connectivity index (χ0) is 14.6. The highest BCUT2D eigenvalue weighted by Gasteiger charge is 2.21. The molecule has 0 spiro atoms. The van der Waals surface area contributed by atoms with Crippen molar-refractivity contribution in [2.24, 2.45) is 11.8 Å². The number of carbonyl (C=O) groups excluding carboxylic acids is 1. The normalized spacial score (nSPS) is 12.5. The number of carboxylic acids is 1. The maximum absolute atomic E-state index is 12.1. The number of carboxylic acid groups (broad SMARTS) is 1. The molecule has 1 aromatic heterocycles. The summed E-state index contributed by atoms with van der Waals surface area (Å²) in [6.07, 6.45) is 1.13. The van der Waals surface area contributed by atoms with Crippen molar-refractivity contribution in [3.05, 3.63) is 23.2 Å². The third kappa shape index (κ3) is 4.12. The second-order valence-corrected chi connectivity index (χ2v) is 5.22. The number of hydrogen-bond donors (Lipinski definition) is 2. The summed E-state index contributed by atoms with van der Waals surface area (Å²) in [5.41, 5.74) is 1.00. The molecule has 1 unspecified atom stereocenters. The molecular weight excluding hydrogens is 246 g/mol. The molecule has 0 aliphatic rings. The zero-order valence-corrected chi connectivity index (χ0v) is 11.8. The van der Waals surface area contributed by atoms with Crippen LogP contribution in [0.3, 0.4) is 0 Å². The Labute approximate surface area is 113 Å². The van der Waals surface area contributed by atoms with Crippen LogP contribution in [0.4, 0.5) is 0 Å². The van der Waals surface area contributed by atoms with Gasteiger partial charge in [-0.15, -0.1) is 0 Å². The second-order valence-electron chi connectivity index (χ2n) is 5.22. The fourth-order valence-electron chi connectivity index (χ4n) is 1.65. The first-order valence-electron chi connectivity index (χ1n) is 6.39. The molecule has 0 aliphatic heterocycles. The summed E-state index contributed by atoms with van der Waals surface area (Å²) in [6, 6.07) is 0. The number of aryl methyl sites for hydroxylation is 1. The van der Waals surface area contributed by atoms with Gasteiger partial charge in [0.1, 0.15) is 12.2 Å². The summed E-state index contributed by atoms with van der Waals surface area (Å²) in [6.45, 7) is 8.54. The molecule has 0 saturated heterocycles. The van der Waals surface area contributed by atoms with Gasteiger partial charge in [0.2, 0.25) is 0 Å². The summed E-state index contributed by atoms with van der Waals surface area (Å²) in [7, 11) is 0. The van der Waals surface area contributed by atoms with Crippen LogP contribution >= 0.6 is 0 Å². The minimum atomic E-state index is -1.01. The van der Waals surface area contributed by atoms with Crippen molar-refractivity contribution in [1.29, 1.82) is 0 Å². The van der Waals surface area contributed by atoms with Crippen LogP contribution in [0, 0.1) is 18.8 Å². The highest BCUT2D eigenvalue weighted by Crippen LogP contribution is 2.17. The Kier molecular flexibility index (Phi) is 5.15. The van der Waals surface area contributed by atoms with Crippen LogP contribution in [0.1, 0.15) is 42.5 Å². The minimum absolute atomic E-state index is 0.208. The van der Waals surface area contributed by atoms with E-state index in [0.29, 0.717) is 29.5 Å². The van der Waals surface area contributed by atoms with Crippen molar-refractivity contribution in [2.45, 2.75) is 34.1 Å². The lowest BCUT2D eigenvalue weighted by Crippen LogP contribution is -2.31. The molecule has 1 rings (SSSR count). The number of aliphatic carboxylic acids is 1. The molecule has 19 heavy (non-hydrogen) atoms. The summed E-state index contributed by atoms with van der Waals surface area (Å²) < 4.78 is 5.14. The first kappa shape index (κ1) is 15.3. The van der Waals surface area contributed by atoms with Gasteiger partial charge in [-0.3, -0.25) is 9.59 Å². The van der Waals surface area contributed by atoms with Crippen LogP contribution in [0.2, 0.25) is 0 Å². The molecule has 0 aliphatic carbocycles. The third-order valence-electron chi connectivity index (χ3n) is 3.31. The molecule has 0 saturated carbocycles. The average Bonchev–Trinajstić information content (AvgIpc) is 2.66. The number of rotatable bonds is 6. The standard InChI is InChI=1S/C14H21NO4/c1-8(2)9(3)6-15-14(18)13-10(4)7-19-11(13)5-12(16)17/h7-9H,5-6H2,1-4H3,(H,15,18)(H,16,17). The molecule has 1 aromatic rings. The van der Waals surface area contributed by atoms with E-state index in [1.165, 1.54) is 6.26 Å². The largest absolute Gasteiger partial charge is 0.481 e. The van der Waals surface area contributed by atoms with Crippen LogP contribution in [0.15, 0.2) is 10.7 Å². The fourth-order valence-corrected chi connectivity index (χ4v) is 1.65. The van der Waals surface area contributed by atoms with Crippen LogP contribution in [0.25, 0.3) is 0 Å². The molecule has 0 bridgehead atoms. The lowest BCUT2D eigenvalue weighted by molar-refractivity contribution is -0.136. The maximum Gasteiger partial charge on any atom is 0.311 e. The zero-order valence-electron chi connectivity index (χ0n) is 11.8. The van der Waals surface area contributed by atoms with Crippen molar-refractivity contribution >= 4 is 11.9 Å². The first-order chi connectivity index (χ1) is 8.82. The van der Waals surface area contributed by atoms with Gasteiger partial charge in [0.15, 0.2) is 0 Å². The predicted molar refractivity (Wildman–Crippen MR) is 71.1 cm³/mol. The maximum atomic E-state index is 12.1. The summed E-state index contributed by atoms with van der Waals surface area (Å²) in [4.78, 5) is 22.8. The highest BCUT2D eigenvalue weighted by molar-refractivity contribution is 5.97. The Hall–Kier alpha value is -1.78. The topological polar surface area (TPSA) is 79.5 Å². The molecule has 1 heterocycles. The lowest BCUT2D eigenvalue weighted by Gasteiger charge is -2.16. The Morgan fingerprint density at radius 1 is 1.37 bits per heavy atom. The van der Waals surface area contributed by atoms with Gasteiger partial charge in [0.25, 0.3) is 5.91 Å². The molecule has 1 atom stereocenters. The Bertz CT molecular complexity index is 462. The number of hydrogen-bond acceptors (Lipinski definition) is 3. The summed E-state index contributed by atoms with van der Waals surface area (Å²) >= 11 is 0. The van der Waals surface area contributed by atoms with Gasteiger partial charge in [-0.2, -0.15) is 0 Å². The van der Waals surface area contributed by atoms with Crippen LogP contribution < -0.4 is 5.32 Å². The molecule has 2 N–H and O–H groups in total. The lowest BCUT2D eigenvalue weighted by atomic mass is 9.98. The van der Waals surface area contributed by atoms with Gasteiger partial charge in [-0.25, -0.2) is 0 Å². The Morgan fingerprint density at radius 3 is 2.53 bits per heavy atom. The summed E-state index contributed by atoms with van der Waals surface area (Å²) in [5.74, 6) is -0.239. The molecule has 5 heteroatoms. The molecular formula is C14H21NO4. The van der Waals surface area contributed by atoms with E-state index in [2.05, 4.69) is 26.1 Å². The van der Waals surface area contributed by atoms with E-state index in [1.807, 2.05) is 0 Å². The molecule has 0 fully saturated rings. The van der Waals surface area contributed by atoms with Gasteiger partial charge in [0, 0.05) is 12.1 Å². The van der Waals surface area contributed by atoms with E-state index in [4.69, 9.17) is 9.52 Å². The van der Waals surface area contributed by atoms with E-state index < -0.39 is 5.97 Å². The molecule has 0 aromatic carbocycles. The smallest absolute Gasteiger partial charge is 0.311 e. The van der Waals surface area contributed by atoms with Crippen molar-refractivity contribution in [3.63, 3.8) is 0 Å². The molecule has 1 amide bonds. The number of amides is 1. The van der Waals surface area contributed by atoms with Crippen molar-refractivity contribution < 1.29 is 19.1 Å². The Balaban J connectivity index is 2.76. The van der Waals surface area contributed by atoms with Crippen LogP contribution in [0.5, 0.6) is 0 Å². The SMILES string of the molecule is Cc1coc(CC(=O)O)c1C(=O)NCC(C)C(C)C. The number of furan rings is 1. The van der Waals surface area contributed by atoms with Gasteiger partial charge in [0.05, 0.1) is 11.8 Å². The van der Waals surface area contributed by atoms with Gasteiger partial charge in [-0.1, -0.05) is 20.8 Å². The second kappa shape index (κ2) is 6.41. The van der Waals surface area contributed by atoms with E-state index in [0.717, 1.165) is 0 Å².